The maximum atomic E-state index is 12.7. The Kier molecular flexibility index (Phi) is 5.78. The number of thiophene rings is 1. The van der Waals surface area contributed by atoms with Crippen LogP contribution in [0.15, 0.2) is 52.8 Å². The van der Waals surface area contributed by atoms with Gasteiger partial charge in [0.05, 0.1) is 12.2 Å². The Morgan fingerprint density at radius 2 is 2.03 bits per heavy atom. The highest BCUT2D eigenvalue weighted by Crippen LogP contribution is 2.36. The lowest BCUT2D eigenvalue weighted by Gasteiger charge is -2.46. The molecule has 1 saturated heterocycles. The van der Waals surface area contributed by atoms with Crippen LogP contribution in [0.1, 0.15) is 4.88 Å². The van der Waals surface area contributed by atoms with Crippen LogP contribution >= 0.6 is 23.1 Å². The summed E-state index contributed by atoms with van der Waals surface area (Å²) >= 11 is 2.88. The van der Waals surface area contributed by atoms with Crippen LogP contribution in [0.5, 0.6) is 0 Å². The molecule has 1 fully saturated rings. The second-order valence-electron chi connectivity index (χ2n) is 6.90. The zero-order valence-corrected chi connectivity index (χ0v) is 17.7. The normalized spacial score (nSPS) is 23.0. The molecule has 0 saturated carbocycles. The number of nitrogens with one attached hydrogen (secondary N) is 1. The Hall–Kier alpha value is -2.85. The van der Waals surface area contributed by atoms with Crippen LogP contribution in [0.4, 0.5) is 5.69 Å². The van der Waals surface area contributed by atoms with Crippen LogP contribution in [-0.4, -0.2) is 64.0 Å². The van der Waals surface area contributed by atoms with Gasteiger partial charge in [0.2, 0.25) is 12.1 Å². The average Bonchev–Trinajstić information content (AvgIpc) is 3.17. The van der Waals surface area contributed by atoms with Crippen LogP contribution in [0.25, 0.3) is 0 Å². The lowest BCUT2D eigenvalue weighted by atomic mass is 10.1. The number of carboxylic acid groups (broad SMARTS) is 1. The number of hydrogen-bond donors (Lipinski definition) is 2. The van der Waals surface area contributed by atoms with Crippen molar-refractivity contribution in [3.8, 4) is 0 Å². The van der Waals surface area contributed by atoms with Gasteiger partial charge in [-0.2, -0.15) is 0 Å². The number of rotatable bonds is 5. The molecule has 2 aliphatic heterocycles. The number of para-hydroxylation sites is 1. The standard InChI is InChI=1S/C20H20N4O4S2/c1-23(12-6-3-2-4-7-12)14-11-30-19-16(18(26)24(19)17(21-14)20(27)28)22-15(25)10-13-8-5-9-29-13/h2-9,16-17,19H,10-11H2,1H3,(H,22,25)(H,27,28)/t16-,17+,19-/m0/s1. The highest BCUT2D eigenvalue weighted by atomic mass is 32.2. The lowest BCUT2D eigenvalue weighted by Crippen LogP contribution is -2.72. The second kappa shape index (κ2) is 8.49. The van der Waals surface area contributed by atoms with E-state index >= 15 is 0 Å². The fourth-order valence-corrected chi connectivity index (χ4v) is 5.46. The number of aliphatic imine (C=N–C) groups is 1. The summed E-state index contributed by atoms with van der Waals surface area (Å²) in [5.41, 5.74) is 0.873. The van der Waals surface area contributed by atoms with Crippen LogP contribution in [-0.2, 0) is 20.8 Å². The van der Waals surface area contributed by atoms with E-state index in [0.29, 0.717) is 11.6 Å². The summed E-state index contributed by atoms with van der Waals surface area (Å²) in [6, 6.07) is 12.5. The van der Waals surface area contributed by atoms with E-state index in [1.54, 1.807) is 0 Å². The van der Waals surface area contributed by atoms with Crippen LogP contribution in [0, 0.1) is 0 Å². The number of thioether (sulfide) groups is 1. The SMILES string of the molecule is CN(C1=N[C@@H](C(=O)O)N2C(=O)[C@H](NC(=O)Cc3cccs3)[C@@H]2SC1)c1ccccc1. The second-order valence-corrected chi connectivity index (χ2v) is 9.04. The van der Waals surface area contributed by atoms with Gasteiger partial charge < -0.3 is 15.3 Å². The predicted molar refractivity (Wildman–Crippen MR) is 117 cm³/mol. The first kappa shape index (κ1) is 20.4. The monoisotopic (exact) mass is 444 g/mol. The number of carbonyl (C=O) groups excluding carboxylic acids is 2. The summed E-state index contributed by atoms with van der Waals surface area (Å²) < 4.78 is 0. The topological polar surface area (TPSA) is 102 Å². The zero-order chi connectivity index (χ0) is 21.3. The third-order valence-corrected chi connectivity index (χ3v) is 7.12. The molecule has 10 heteroatoms. The molecule has 0 aliphatic carbocycles. The number of fused-ring (bicyclic) bond motifs is 1. The molecule has 1 aromatic heterocycles. The van der Waals surface area contributed by atoms with Crippen LogP contribution < -0.4 is 10.2 Å². The molecule has 0 spiro atoms. The predicted octanol–water partition coefficient (Wildman–Crippen LogP) is 1.64. The summed E-state index contributed by atoms with van der Waals surface area (Å²) in [5.74, 6) is -0.898. The molecule has 8 nitrogen and oxygen atoms in total. The fraction of sp³-hybridized carbons (Fsp3) is 0.300. The maximum Gasteiger partial charge on any atom is 0.349 e. The number of carboxylic acids is 1. The van der Waals surface area contributed by atoms with E-state index < -0.39 is 29.5 Å². The molecule has 0 radical (unpaired) electrons. The van der Waals surface area contributed by atoms with E-state index in [-0.39, 0.29) is 12.3 Å². The Balaban J connectivity index is 1.50. The van der Waals surface area contributed by atoms with E-state index in [0.717, 1.165) is 10.6 Å². The number of amidine groups is 1. The first-order chi connectivity index (χ1) is 14.5. The largest absolute Gasteiger partial charge is 0.478 e. The first-order valence-electron chi connectivity index (χ1n) is 9.29. The molecule has 2 N–H and O–H groups in total. The van der Waals surface area contributed by atoms with Gasteiger partial charge in [-0.25, -0.2) is 9.79 Å². The van der Waals surface area contributed by atoms with Crippen molar-refractivity contribution >= 4 is 52.4 Å². The van der Waals surface area contributed by atoms with E-state index in [9.17, 15) is 19.5 Å². The minimum absolute atomic E-state index is 0.194. The van der Waals surface area contributed by atoms with E-state index in [2.05, 4.69) is 10.3 Å². The molecule has 0 unspecified atom stereocenters. The van der Waals surface area contributed by atoms with Gasteiger partial charge in [0, 0.05) is 17.6 Å². The van der Waals surface area contributed by atoms with Crippen molar-refractivity contribution in [1.29, 1.82) is 0 Å². The van der Waals surface area contributed by atoms with Gasteiger partial charge in [-0.15, -0.1) is 23.1 Å². The molecule has 1 aromatic carbocycles. The number of β-lactam (4-membered cyclic amide) rings is 1. The minimum Gasteiger partial charge on any atom is -0.478 e. The quantitative estimate of drug-likeness (QED) is 0.680. The molecule has 156 valence electrons. The molecule has 2 aliphatic rings. The maximum absolute atomic E-state index is 12.7. The van der Waals surface area contributed by atoms with Gasteiger partial charge in [0.1, 0.15) is 17.3 Å². The van der Waals surface area contributed by atoms with Crippen LogP contribution in [0.3, 0.4) is 0 Å². The van der Waals surface area contributed by atoms with Crippen molar-refractivity contribution in [2.24, 2.45) is 4.99 Å². The molecule has 30 heavy (non-hydrogen) atoms. The fourth-order valence-electron chi connectivity index (χ4n) is 3.41. The Morgan fingerprint density at radius 3 is 2.70 bits per heavy atom. The van der Waals surface area contributed by atoms with Crippen molar-refractivity contribution in [3.05, 3.63) is 52.7 Å². The Labute approximate surface area is 181 Å². The third kappa shape index (κ3) is 3.92. The number of nitrogens with zero attached hydrogens (tertiary/aromatic N) is 3. The van der Waals surface area contributed by atoms with Gasteiger partial charge in [-0.05, 0) is 23.6 Å². The van der Waals surface area contributed by atoms with Crippen molar-refractivity contribution in [1.82, 2.24) is 10.2 Å². The molecular weight excluding hydrogens is 424 g/mol. The number of carbonyl (C=O) groups is 3. The molecule has 3 heterocycles. The minimum atomic E-state index is -1.32. The number of benzene rings is 1. The summed E-state index contributed by atoms with van der Waals surface area (Å²) in [7, 11) is 1.82. The number of anilines is 1. The van der Waals surface area contributed by atoms with Crippen LogP contribution in [0.2, 0.25) is 0 Å². The summed E-state index contributed by atoms with van der Waals surface area (Å²) in [6.07, 6.45) is -1.12. The molecular formula is C20H20N4O4S2. The zero-order valence-electron chi connectivity index (χ0n) is 16.1. The third-order valence-electron chi connectivity index (χ3n) is 4.98. The van der Waals surface area contributed by atoms with E-state index in [1.165, 1.54) is 28.0 Å². The average molecular weight is 445 g/mol. The molecule has 4 rings (SSSR count). The van der Waals surface area contributed by atoms with Crippen molar-refractivity contribution in [2.75, 3.05) is 17.7 Å². The molecule has 2 aromatic rings. The highest BCUT2D eigenvalue weighted by Gasteiger charge is 2.54. The smallest absolute Gasteiger partial charge is 0.349 e. The van der Waals surface area contributed by atoms with Gasteiger partial charge in [-0.1, -0.05) is 24.3 Å². The van der Waals surface area contributed by atoms with E-state index in [1.807, 2.05) is 59.8 Å². The van der Waals surface area contributed by atoms with Gasteiger partial charge in [-0.3, -0.25) is 14.5 Å². The van der Waals surface area contributed by atoms with Crippen molar-refractivity contribution < 1.29 is 19.5 Å². The number of aliphatic carboxylic acids is 1. The number of amides is 2. The van der Waals surface area contributed by atoms with E-state index in [4.69, 9.17) is 0 Å². The summed E-state index contributed by atoms with van der Waals surface area (Å²) in [4.78, 5) is 45.3. The van der Waals surface area contributed by atoms with Gasteiger partial charge >= 0.3 is 5.97 Å². The lowest BCUT2D eigenvalue weighted by molar-refractivity contribution is -0.161. The van der Waals surface area contributed by atoms with Gasteiger partial charge in [0.25, 0.3) is 5.91 Å². The first-order valence-corrected chi connectivity index (χ1v) is 11.2. The summed E-state index contributed by atoms with van der Waals surface area (Å²) in [6.45, 7) is 0. The van der Waals surface area contributed by atoms with Gasteiger partial charge in [0.15, 0.2) is 0 Å². The molecule has 2 amide bonds. The Bertz CT molecular complexity index is 980. The van der Waals surface area contributed by atoms with Crippen molar-refractivity contribution in [3.63, 3.8) is 0 Å². The molecule has 0 bridgehead atoms. The highest BCUT2D eigenvalue weighted by molar-refractivity contribution is 8.00. The molecule has 3 atom stereocenters. The number of hydrogen-bond acceptors (Lipinski definition) is 7. The summed E-state index contributed by atoms with van der Waals surface area (Å²) in [5, 5.41) is 13.9. The van der Waals surface area contributed by atoms with Crippen molar-refractivity contribution in [2.45, 2.75) is 24.0 Å². The Morgan fingerprint density at radius 1 is 1.27 bits per heavy atom.